The maximum atomic E-state index is 12.3. The highest BCUT2D eigenvalue weighted by Crippen LogP contribution is 2.41. The number of para-hydroxylation sites is 1. The summed E-state index contributed by atoms with van der Waals surface area (Å²) in [5, 5.41) is 2.99. The van der Waals surface area contributed by atoms with Crippen LogP contribution in [-0.2, 0) is 14.3 Å². The molecule has 30 heavy (non-hydrogen) atoms. The number of hydrogen-bond donors (Lipinski definition) is 1. The highest BCUT2D eigenvalue weighted by Gasteiger charge is 2.33. The van der Waals surface area contributed by atoms with E-state index in [-0.39, 0.29) is 18.6 Å². The maximum absolute atomic E-state index is 12.3. The van der Waals surface area contributed by atoms with Crippen LogP contribution in [0.25, 0.3) is 6.08 Å². The van der Waals surface area contributed by atoms with E-state index in [4.69, 9.17) is 14.2 Å². The van der Waals surface area contributed by atoms with Crippen LogP contribution in [0.2, 0.25) is 0 Å². The van der Waals surface area contributed by atoms with Gasteiger partial charge in [-0.2, -0.15) is 0 Å². The normalized spacial score (nSPS) is 14.2. The van der Waals surface area contributed by atoms with Crippen LogP contribution in [0.3, 0.4) is 0 Å². The van der Waals surface area contributed by atoms with Gasteiger partial charge in [0.15, 0.2) is 6.61 Å². The lowest BCUT2D eigenvalue weighted by atomic mass is 10.0. The van der Waals surface area contributed by atoms with Gasteiger partial charge in [-0.1, -0.05) is 30.3 Å². The summed E-state index contributed by atoms with van der Waals surface area (Å²) in [7, 11) is 1.62. The van der Waals surface area contributed by atoms with E-state index in [2.05, 4.69) is 5.32 Å². The Kier molecular flexibility index (Phi) is 7.49. The Morgan fingerprint density at radius 1 is 1.13 bits per heavy atom. The second-order valence-corrected chi connectivity index (χ2v) is 7.07. The number of methoxy groups -OCH3 is 1. The quantitative estimate of drug-likeness (QED) is 0.476. The molecule has 2 aromatic rings. The van der Waals surface area contributed by atoms with Crippen molar-refractivity contribution < 1.29 is 23.8 Å². The van der Waals surface area contributed by atoms with Crippen LogP contribution in [0.15, 0.2) is 54.6 Å². The van der Waals surface area contributed by atoms with E-state index in [1.807, 2.05) is 55.5 Å². The standard InChI is InChI=1S/C24H27NO5/c1-3-29-21-7-5-4-6-17(21)12-15-23(27)30-16-22(26)25-24(18-8-9-18)19-10-13-20(28-2)14-11-19/h4-7,10-15,18,24H,3,8-9,16H2,1-2H3,(H,25,26)/b15-12+. The molecule has 158 valence electrons. The van der Waals surface area contributed by atoms with Crippen molar-refractivity contribution in [2.45, 2.75) is 25.8 Å². The van der Waals surface area contributed by atoms with Gasteiger partial charge in [-0.15, -0.1) is 0 Å². The fourth-order valence-electron chi connectivity index (χ4n) is 3.18. The first kappa shape index (κ1) is 21.4. The maximum Gasteiger partial charge on any atom is 0.331 e. The number of nitrogens with one attached hydrogen (secondary N) is 1. The Balaban J connectivity index is 1.52. The number of amides is 1. The minimum absolute atomic E-state index is 0.0873. The van der Waals surface area contributed by atoms with Crippen molar-refractivity contribution in [1.82, 2.24) is 5.32 Å². The van der Waals surface area contributed by atoms with E-state index >= 15 is 0 Å². The molecule has 0 heterocycles. The second kappa shape index (κ2) is 10.5. The monoisotopic (exact) mass is 409 g/mol. The Labute approximate surface area is 176 Å². The number of benzene rings is 2. The average Bonchev–Trinajstić information content (AvgIpc) is 3.61. The minimum atomic E-state index is -0.580. The smallest absolute Gasteiger partial charge is 0.331 e. The molecule has 1 aliphatic carbocycles. The zero-order chi connectivity index (χ0) is 21.3. The van der Waals surface area contributed by atoms with E-state index in [0.29, 0.717) is 18.3 Å². The van der Waals surface area contributed by atoms with Gasteiger partial charge in [0, 0.05) is 11.6 Å². The fourth-order valence-corrected chi connectivity index (χ4v) is 3.18. The van der Waals surface area contributed by atoms with Crippen molar-refractivity contribution in [2.24, 2.45) is 5.92 Å². The molecule has 0 aromatic heterocycles. The van der Waals surface area contributed by atoms with Gasteiger partial charge in [0.2, 0.25) is 0 Å². The topological polar surface area (TPSA) is 73.9 Å². The summed E-state index contributed by atoms with van der Waals surface area (Å²) < 4.78 is 15.8. The highest BCUT2D eigenvalue weighted by molar-refractivity contribution is 5.89. The summed E-state index contributed by atoms with van der Waals surface area (Å²) in [6.07, 6.45) is 5.06. The molecule has 0 spiro atoms. The molecule has 3 rings (SSSR count). The number of esters is 1. The molecular formula is C24H27NO5. The molecule has 0 bridgehead atoms. The van der Waals surface area contributed by atoms with Crippen LogP contribution in [0, 0.1) is 5.92 Å². The third-order valence-electron chi connectivity index (χ3n) is 4.85. The Morgan fingerprint density at radius 3 is 2.53 bits per heavy atom. The molecule has 6 nitrogen and oxygen atoms in total. The summed E-state index contributed by atoms with van der Waals surface area (Å²) in [4.78, 5) is 24.4. The number of carbonyl (C=O) groups excluding carboxylic acids is 2. The zero-order valence-corrected chi connectivity index (χ0v) is 17.3. The SMILES string of the molecule is CCOc1ccccc1/C=C/C(=O)OCC(=O)NC(c1ccc(OC)cc1)C1CC1. The van der Waals surface area contributed by atoms with Crippen molar-refractivity contribution >= 4 is 18.0 Å². The molecule has 1 unspecified atom stereocenters. The third-order valence-corrected chi connectivity index (χ3v) is 4.85. The van der Waals surface area contributed by atoms with E-state index in [1.165, 1.54) is 6.08 Å². The predicted octanol–water partition coefficient (Wildman–Crippen LogP) is 3.92. The van der Waals surface area contributed by atoms with Crippen molar-refractivity contribution in [1.29, 1.82) is 0 Å². The summed E-state index contributed by atoms with van der Waals surface area (Å²) in [5.74, 6) is 0.968. The molecule has 2 aromatic carbocycles. The Hall–Kier alpha value is -3.28. The number of hydrogen-bond acceptors (Lipinski definition) is 5. The first-order chi connectivity index (χ1) is 14.6. The highest BCUT2D eigenvalue weighted by atomic mass is 16.5. The third kappa shape index (κ3) is 6.11. The first-order valence-corrected chi connectivity index (χ1v) is 10.1. The Morgan fingerprint density at radius 2 is 1.87 bits per heavy atom. The van der Waals surface area contributed by atoms with Crippen molar-refractivity contribution in [3.05, 3.63) is 65.7 Å². The zero-order valence-electron chi connectivity index (χ0n) is 17.3. The van der Waals surface area contributed by atoms with Gasteiger partial charge in [0.25, 0.3) is 5.91 Å². The van der Waals surface area contributed by atoms with Gasteiger partial charge >= 0.3 is 5.97 Å². The van der Waals surface area contributed by atoms with Crippen LogP contribution in [0.1, 0.15) is 36.9 Å². The molecule has 1 amide bonds. The number of ether oxygens (including phenoxy) is 3. The van der Waals surface area contributed by atoms with Crippen LogP contribution < -0.4 is 14.8 Å². The van der Waals surface area contributed by atoms with E-state index in [9.17, 15) is 9.59 Å². The average molecular weight is 409 g/mol. The minimum Gasteiger partial charge on any atom is -0.497 e. The summed E-state index contributed by atoms with van der Waals surface area (Å²) in [6.45, 7) is 2.11. The molecule has 0 radical (unpaired) electrons. The van der Waals surface area contributed by atoms with Crippen molar-refractivity contribution in [3.8, 4) is 11.5 Å². The number of rotatable bonds is 10. The summed E-state index contributed by atoms with van der Waals surface area (Å²) in [6, 6.07) is 15.0. The number of carbonyl (C=O) groups is 2. The Bertz CT molecular complexity index is 887. The van der Waals surface area contributed by atoms with Crippen molar-refractivity contribution in [2.75, 3.05) is 20.3 Å². The van der Waals surface area contributed by atoms with E-state index in [1.54, 1.807) is 13.2 Å². The van der Waals surface area contributed by atoms with E-state index < -0.39 is 5.97 Å². The van der Waals surface area contributed by atoms with Gasteiger partial charge in [-0.05, 0) is 55.5 Å². The first-order valence-electron chi connectivity index (χ1n) is 10.1. The van der Waals surface area contributed by atoms with Crippen molar-refractivity contribution in [3.63, 3.8) is 0 Å². The molecule has 1 aliphatic rings. The van der Waals surface area contributed by atoms with Gasteiger partial charge < -0.3 is 19.5 Å². The molecule has 0 saturated heterocycles. The summed E-state index contributed by atoms with van der Waals surface area (Å²) in [5.41, 5.74) is 1.79. The molecule has 1 fully saturated rings. The molecule has 1 atom stereocenters. The summed E-state index contributed by atoms with van der Waals surface area (Å²) >= 11 is 0. The molecular weight excluding hydrogens is 382 g/mol. The lowest BCUT2D eigenvalue weighted by Crippen LogP contribution is -2.33. The van der Waals surface area contributed by atoms with Crippen LogP contribution >= 0.6 is 0 Å². The van der Waals surface area contributed by atoms with Crippen LogP contribution in [0.4, 0.5) is 0 Å². The molecule has 6 heteroatoms. The van der Waals surface area contributed by atoms with Gasteiger partial charge in [-0.3, -0.25) is 4.79 Å². The lowest BCUT2D eigenvalue weighted by Gasteiger charge is -2.19. The van der Waals surface area contributed by atoms with Gasteiger partial charge in [-0.25, -0.2) is 4.79 Å². The van der Waals surface area contributed by atoms with E-state index in [0.717, 1.165) is 29.7 Å². The molecule has 1 saturated carbocycles. The van der Waals surface area contributed by atoms with Crippen LogP contribution in [-0.4, -0.2) is 32.2 Å². The van der Waals surface area contributed by atoms with Crippen LogP contribution in [0.5, 0.6) is 11.5 Å². The fraction of sp³-hybridized carbons (Fsp3) is 0.333. The molecule has 1 N–H and O–H groups in total. The lowest BCUT2D eigenvalue weighted by molar-refractivity contribution is -0.144. The second-order valence-electron chi connectivity index (χ2n) is 7.07. The largest absolute Gasteiger partial charge is 0.497 e. The predicted molar refractivity (Wildman–Crippen MR) is 114 cm³/mol. The van der Waals surface area contributed by atoms with Gasteiger partial charge in [0.1, 0.15) is 11.5 Å². The molecule has 0 aliphatic heterocycles. The van der Waals surface area contributed by atoms with Gasteiger partial charge in [0.05, 0.1) is 19.8 Å².